The number of aliphatic imine (C=N–C) groups is 1. The van der Waals surface area contributed by atoms with Crippen molar-refractivity contribution in [2.24, 2.45) is 4.99 Å². The van der Waals surface area contributed by atoms with E-state index in [1.807, 2.05) is 0 Å². The minimum atomic E-state index is -4.43. The molecule has 2 rings (SSSR count). The lowest BCUT2D eigenvalue weighted by atomic mass is 10.3. The molecule has 1 aliphatic rings. The van der Waals surface area contributed by atoms with Crippen LogP contribution in [0.25, 0.3) is 0 Å². The van der Waals surface area contributed by atoms with Gasteiger partial charge in [-0.15, -0.1) is 0 Å². The van der Waals surface area contributed by atoms with Crippen molar-refractivity contribution in [3.05, 3.63) is 23.9 Å². The van der Waals surface area contributed by atoms with E-state index in [0.717, 1.165) is 12.1 Å². The van der Waals surface area contributed by atoms with Crippen LogP contribution in [0.15, 0.2) is 23.3 Å². The fraction of sp³-hybridized carbons (Fsp3) is 0.571. The SMILES string of the molecule is CN=C(NCCOc1ccc(C(F)(F)F)cn1)NC1CCS(=O)(=O)C1. The Morgan fingerprint density at radius 2 is 2.20 bits per heavy atom. The maximum Gasteiger partial charge on any atom is 0.417 e. The number of rotatable bonds is 5. The van der Waals surface area contributed by atoms with Crippen molar-refractivity contribution in [1.29, 1.82) is 0 Å². The molecule has 0 aliphatic carbocycles. The lowest BCUT2D eigenvalue weighted by Crippen LogP contribution is -2.45. The maximum absolute atomic E-state index is 12.4. The molecule has 1 aromatic rings. The van der Waals surface area contributed by atoms with E-state index in [1.165, 1.54) is 0 Å². The van der Waals surface area contributed by atoms with Crippen LogP contribution in [-0.4, -0.2) is 57.1 Å². The van der Waals surface area contributed by atoms with Crippen molar-refractivity contribution < 1.29 is 26.3 Å². The van der Waals surface area contributed by atoms with Crippen LogP contribution in [0.2, 0.25) is 0 Å². The predicted octanol–water partition coefficient (Wildman–Crippen LogP) is 0.831. The van der Waals surface area contributed by atoms with E-state index >= 15 is 0 Å². The molecule has 140 valence electrons. The van der Waals surface area contributed by atoms with Crippen LogP contribution >= 0.6 is 0 Å². The summed E-state index contributed by atoms with van der Waals surface area (Å²) in [6.07, 6.45) is -3.20. The Balaban J connectivity index is 1.72. The number of pyridine rings is 1. The Hall–Kier alpha value is -2.04. The summed E-state index contributed by atoms with van der Waals surface area (Å²) in [5, 5.41) is 5.95. The van der Waals surface area contributed by atoms with E-state index in [0.29, 0.717) is 25.1 Å². The van der Waals surface area contributed by atoms with Crippen molar-refractivity contribution >= 4 is 15.8 Å². The molecule has 0 bridgehead atoms. The van der Waals surface area contributed by atoms with Crippen LogP contribution in [0.1, 0.15) is 12.0 Å². The van der Waals surface area contributed by atoms with Crippen molar-refractivity contribution in [1.82, 2.24) is 15.6 Å². The van der Waals surface area contributed by atoms with Gasteiger partial charge in [0.25, 0.3) is 0 Å². The number of nitrogens with zero attached hydrogens (tertiary/aromatic N) is 2. The maximum atomic E-state index is 12.4. The van der Waals surface area contributed by atoms with Gasteiger partial charge >= 0.3 is 6.18 Å². The average Bonchev–Trinajstić information content (AvgIpc) is 2.88. The van der Waals surface area contributed by atoms with Crippen molar-refractivity contribution in [3.63, 3.8) is 0 Å². The molecule has 1 fully saturated rings. The number of halogens is 3. The molecule has 1 unspecified atom stereocenters. The first-order chi connectivity index (χ1) is 11.7. The standard InChI is InChI=1S/C14H19F3N4O3S/c1-18-13(21-11-4-7-25(22,23)9-11)19-5-6-24-12-3-2-10(8-20-12)14(15,16)17/h2-3,8,11H,4-7,9H2,1H3,(H2,18,19,21). The fourth-order valence-electron chi connectivity index (χ4n) is 2.26. The Labute approximate surface area is 143 Å². The second kappa shape index (κ2) is 7.89. The Morgan fingerprint density at radius 3 is 2.72 bits per heavy atom. The van der Waals surface area contributed by atoms with Crippen LogP contribution < -0.4 is 15.4 Å². The topological polar surface area (TPSA) is 92.7 Å². The van der Waals surface area contributed by atoms with Gasteiger partial charge in [0.2, 0.25) is 5.88 Å². The molecule has 0 aromatic carbocycles. The lowest BCUT2D eigenvalue weighted by molar-refractivity contribution is -0.137. The molecular weight excluding hydrogens is 361 g/mol. The third-order valence-corrected chi connectivity index (χ3v) is 5.27. The smallest absolute Gasteiger partial charge is 0.417 e. The number of nitrogens with one attached hydrogen (secondary N) is 2. The van der Waals surface area contributed by atoms with Gasteiger partial charge in [0.05, 0.1) is 23.6 Å². The number of aromatic nitrogens is 1. The van der Waals surface area contributed by atoms with Gasteiger partial charge in [-0.25, -0.2) is 13.4 Å². The Bertz CT molecular complexity index is 705. The molecule has 2 heterocycles. The summed E-state index contributed by atoms with van der Waals surface area (Å²) < 4.78 is 65.3. The molecular formula is C14H19F3N4O3S. The van der Waals surface area contributed by atoms with Crippen molar-refractivity contribution in [2.75, 3.05) is 31.7 Å². The highest BCUT2D eigenvalue weighted by Crippen LogP contribution is 2.29. The lowest BCUT2D eigenvalue weighted by Gasteiger charge is -2.16. The van der Waals surface area contributed by atoms with Crippen LogP contribution in [0.5, 0.6) is 5.88 Å². The minimum absolute atomic E-state index is 0.0691. The number of ether oxygens (including phenoxy) is 1. The van der Waals surface area contributed by atoms with Crippen LogP contribution in [0, 0.1) is 0 Å². The second-order valence-corrected chi connectivity index (χ2v) is 7.70. The summed E-state index contributed by atoms with van der Waals surface area (Å²) >= 11 is 0. The largest absolute Gasteiger partial charge is 0.476 e. The van der Waals surface area contributed by atoms with Gasteiger partial charge in [-0.2, -0.15) is 13.2 Å². The Morgan fingerprint density at radius 1 is 1.44 bits per heavy atom. The molecule has 1 atom stereocenters. The molecule has 11 heteroatoms. The minimum Gasteiger partial charge on any atom is -0.476 e. The average molecular weight is 380 g/mol. The van der Waals surface area contributed by atoms with Crippen LogP contribution in [0.3, 0.4) is 0 Å². The second-order valence-electron chi connectivity index (χ2n) is 5.47. The summed E-state index contributed by atoms with van der Waals surface area (Å²) in [7, 11) is -1.43. The van der Waals surface area contributed by atoms with Crippen LogP contribution in [0.4, 0.5) is 13.2 Å². The van der Waals surface area contributed by atoms with Gasteiger partial charge in [-0.1, -0.05) is 0 Å². The molecule has 0 spiro atoms. The first-order valence-electron chi connectivity index (χ1n) is 7.53. The summed E-state index contributed by atoms with van der Waals surface area (Å²) in [5.74, 6) is 0.745. The summed E-state index contributed by atoms with van der Waals surface area (Å²) in [5.41, 5.74) is -0.839. The molecule has 1 aliphatic heterocycles. The van der Waals surface area contributed by atoms with E-state index in [1.54, 1.807) is 7.05 Å². The third kappa shape index (κ3) is 6.07. The van der Waals surface area contributed by atoms with Gasteiger partial charge < -0.3 is 15.4 Å². The van der Waals surface area contributed by atoms with E-state index in [4.69, 9.17) is 4.74 Å². The molecule has 2 N–H and O–H groups in total. The molecule has 7 nitrogen and oxygen atoms in total. The highest BCUT2D eigenvalue weighted by atomic mass is 32.2. The van der Waals surface area contributed by atoms with Gasteiger partial charge in [0, 0.05) is 25.4 Å². The van der Waals surface area contributed by atoms with Crippen LogP contribution in [-0.2, 0) is 16.0 Å². The van der Waals surface area contributed by atoms with Crippen molar-refractivity contribution in [2.45, 2.75) is 18.6 Å². The zero-order chi connectivity index (χ0) is 18.5. The zero-order valence-electron chi connectivity index (χ0n) is 13.5. The number of hydrogen-bond donors (Lipinski definition) is 2. The van der Waals surface area contributed by atoms with Gasteiger partial charge in [-0.05, 0) is 12.5 Å². The van der Waals surface area contributed by atoms with E-state index in [2.05, 4.69) is 20.6 Å². The first kappa shape index (κ1) is 19.3. The third-order valence-electron chi connectivity index (χ3n) is 3.51. The quantitative estimate of drug-likeness (QED) is 0.447. The summed E-state index contributed by atoms with van der Waals surface area (Å²) in [6.45, 7) is 0.476. The highest BCUT2D eigenvalue weighted by Gasteiger charge is 2.30. The first-order valence-corrected chi connectivity index (χ1v) is 9.35. The number of alkyl halides is 3. The monoisotopic (exact) mass is 380 g/mol. The molecule has 1 aromatic heterocycles. The molecule has 0 saturated carbocycles. The molecule has 0 radical (unpaired) electrons. The fourth-order valence-corrected chi connectivity index (χ4v) is 3.93. The van der Waals surface area contributed by atoms with E-state index < -0.39 is 21.6 Å². The number of guanidine groups is 1. The normalized spacial score (nSPS) is 20.3. The molecule has 25 heavy (non-hydrogen) atoms. The van der Waals surface area contributed by atoms with E-state index in [9.17, 15) is 21.6 Å². The number of hydrogen-bond acceptors (Lipinski definition) is 5. The zero-order valence-corrected chi connectivity index (χ0v) is 14.3. The van der Waals surface area contributed by atoms with Gasteiger partial charge in [0.15, 0.2) is 15.8 Å². The molecule has 0 amide bonds. The molecule has 1 saturated heterocycles. The van der Waals surface area contributed by atoms with Crippen molar-refractivity contribution in [3.8, 4) is 5.88 Å². The summed E-state index contributed by atoms with van der Waals surface area (Å²) in [4.78, 5) is 7.58. The predicted molar refractivity (Wildman–Crippen MR) is 86.3 cm³/mol. The Kier molecular flexibility index (Phi) is 6.09. The van der Waals surface area contributed by atoms with Gasteiger partial charge in [0.1, 0.15) is 6.61 Å². The van der Waals surface area contributed by atoms with Gasteiger partial charge in [-0.3, -0.25) is 4.99 Å². The highest BCUT2D eigenvalue weighted by molar-refractivity contribution is 7.91. The van der Waals surface area contributed by atoms with E-state index in [-0.39, 0.29) is 30.0 Å². The summed E-state index contributed by atoms with van der Waals surface area (Å²) in [6, 6.07) is 1.87. The number of sulfone groups is 1.